The molecule has 0 bridgehead atoms. The molecule has 0 unspecified atom stereocenters. The predicted octanol–water partition coefficient (Wildman–Crippen LogP) is 19.0. The van der Waals surface area contributed by atoms with E-state index in [1.54, 1.807) is 0 Å². The summed E-state index contributed by atoms with van der Waals surface area (Å²) in [7, 11) is 0. The average molecular weight is 941 g/mol. The van der Waals surface area contributed by atoms with Crippen molar-refractivity contribution in [3.05, 3.63) is 289 Å². The molecule has 3 nitrogen and oxygen atoms in total. The lowest BCUT2D eigenvalue weighted by Gasteiger charge is -2.32. The first kappa shape index (κ1) is 41.0. The fraction of sp³-hybridized carbons (Fsp3) is 0.0141. The standard InChI is InChI=1S/C71H44N2O/c1-2-17-54-47(14-1)32-39-61-62-43-49(33-41-69(62)74-70(54)61)46-30-36-51(37-31-46)72(50-34-28-45(29-35-50)48-15-13-16-52(42-48)73-67-26-11-6-21-59(67)60-22-7-12-27-68(60)73)53-38-40-58-57-20-5-10-25-65(57)71(66(58)44-53)63-23-8-3-18-55(63)56-19-4-9-24-64(56)71/h1-44H. The number of aromatic nitrogens is 1. The molecule has 3 heteroatoms. The summed E-state index contributed by atoms with van der Waals surface area (Å²) in [5.41, 5.74) is 23.3. The number of anilines is 3. The minimum Gasteiger partial charge on any atom is -0.455 e. The average Bonchev–Trinajstić information content (AvgIpc) is 4.20. The van der Waals surface area contributed by atoms with Crippen LogP contribution in [0.2, 0.25) is 0 Å². The maximum absolute atomic E-state index is 6.51. The Bertz CT molecular complexity index is 4490. The fourth-order valence-corrected chi connectivity index (χ4v) is 13.0. The Kier molecular flexibility index (Phi) is 8.66. The molecular formula is C71H44N2O. The van der Waals surface area contributed by atoms with E-state index in [9.17, 15) is 0 Å². The number of para-hydroxylation sites is 2. The lowest BCUT2D eigenvalue weighted by molar-refractivity contribution is 0.672. The predicted molar refractivity (Wildman–Crippen MR) is 307 cm³/mol. The van der Waals surface area contributed by atoms with Crippen LogP contribution in [-0.2, 0) is 5.41 Å². The zero-order chi connectivity index (χ0) is 48.5. The Balaban J connectivity index is 0.840. The van der Waals surface area contributed by atoms with Gasteiger partial charge in [0.2, 0.25) is 0 Å². The molecule has 12 aromatic carbocycles. The van der Waals surface area contributed by atoms with Crippen molar-refractivity contribution in [3.63, 3.8) is 0 Å². The van der Waals surface area contributed by atoms with Crippen molar-refractivity contribution in [3.8, 4) is 50.2 Å². The van der Waals surface area contributed by atoms with Gasteiger partial charge in [-0.05, 0) is 151 Å². The zero-order valence-electron chi connectivity index (χ0n) is 40.2. The molecule has 2 aliphatic carbocycles. The van der Waals surface area contributed by atoms with Gasteiger partial charge in [-0.2, -0.15) is 0 Å². The minimum absolute atomic E-state index is 0.460. The van der Waals surface area contributed by atoms with Crippen LogP contribution >= 0.6 is 0 Å². The highest BCUT2D eigenvalue weighted by molar-refractivity contribution is 6.15. The van der Waals surface area contributed by atoms with E-state index in [0.717, 1.165) is 72.3 Å². The van der Waals surface area contributed by atoms with Gasteiger partial charge in [-0.15, -0.1) is 0 Å². The molecule has 0 fully saturated rings. The third kappa shape index (κ3) is 5.78. The van der Waals surface area contributed by atoms with Gasteiger partial charge in [-0.25, -0.2) is 0 Å². The van der Waals surface area contributed by atoms with E-state index in [4.69, 9.17) is 4.42 Å². The molecule has 16 rings (SSSR count). The SMILES string of the molecule is c1cc(-c2ccc(N(c3ccc(-c4ccc5oc6c7ccccc7ccc6c5c4)cc3)c3ccc4c(c3)C3(c5ccccc5-c5ccccc53)c3ccccc3-4)cc2)cc(-n2c3ccccc3c3ccccc32)c1. The van der Waals surface area contributed by atoms with Crippen molar-refractivity contribution >= 4 is 71.6 Å². The lowest BCUT2D eigenvalue weighted by atomic mass is 9.70. The number of hydrogen-bond donors (Lipinski definition) is 0. The quantitative estimate of drug-likeness (QED) is 0.166. The van der Waals surface area contributed by atoms with Gasteiger partial charge >= 0.3 is 0 Å². The first-order valence-electron chi connectivity index (χ1n) is 25.6. The van der Waals surface area contributed by atoms with Gasteiger partial charge in [0.25, 0.3) is 0 Å². The molecule has 0 saturated heterocycles. The molecule has 0 saturated carbocycles. The van der Waals surface area contributed by atoms with Gasteiger partial charge in [0, 0.05) is 49.7 Å². The number of hydrogen-bond acceptors (Lipinski definition) is 2. The molecule has 1 spiro atoms. The summed E-state index contributed by atoms with van der Waals surface area (Å²) in [6, 6.07) is 98.4. The highest BCUT2D eigenvalue weighted by Crippen LogP contribution is 2.63. The largest absolute Gasteiger partial charge is 0.455 e. The van der Waals surface area contributed by atoms with E-state index in [1.165, 1.54) is 71.7 Å². The first-order chi connectivity index (χ1) is 36.7. The van der Waals surface area contributed by atoms with Crippen molar-refractivity contribution in [2.75, 3.05) is 4.90 Å². The van der Waals surface area contributed by atoms with Crippen LogP contribution in [0.1, 0.15) is 22.3 Å². The Hall–Kier alpha value is -9.70. The summed E-state index contributed by atoms with van der Waals surface area (Å²) in [5, 5.41) is 7.09. The minimum atomic E-state index is -0.460. The first-order valence-corrected chi connectivity index (χ1v) is 25.6. The van der Waals surface area contributed by atoms with Crippen molar-refractivity contribution in [1.29, 1.82) is 0 Å². The van der Waals surface area contributed by atoms with Gasteiger partial charge in [-0.1, -0.05) is 188 Å². The van der Waals surface area contributed by atoms with Gasteiger partial charge in [0.15, 0.2) is 0 Å². The molecule has 14 aromatic rings. The Morgan fingerprint density at radius 3 is 1.46 bits per heavy atom. The molecule has 2 aromatic heterocycles. The summed E-state index contributed by atoms with van der Waals surface area (Å²) in [5.74, 6) is 0. The zero-order valence-corrected chi connectivity index (χ0v) is 40.2. The maximum Gasteiger partial charge on any atom is 0.143 e. The van der Waals surface area contributed by atoms with Gasteiger partial charge < -0.3 is 13.9 Å². The van der Waals surface area contributed by atoms with E-state index >= 15 is 0 Å². The molecule has 344 valence electrons. The van der Waals surface area contributed by atoms with Gasteiger partial charge in [0.1, 0.15) is 11.2 Å². The summed E-state index contributed by atoms with van der Waals surface area (Å²) >= 11 is 0. The summed E-state index contributed by atoms with van der Waals surface area (Å²) in [6.45, 7) is 0. The Morgan fingerprint density at radius 2 is 0.824 bits per heavy atom. The van der Waals surface area contributed by atoms with Crippen LogP contribution in [0.4, 0.5) is 17.1 Å². The van der Waals surface area contributed by atoms with E-state index in [2.05, 4.69) is 276 Å². The molecule has 0 atom stereocenters. The fourth-order valence-electron chi connectivity index (χ4n) is 13.0. The monoisotopic (exact) mass is 940 g/mol. The van der Waals surface area contributed by atoms with E-state index in [1.807, 2.05) is 0 Å². The molecule has 74 heavy (non-hydrogen) atoms. The molecule has 2 aliphatic rings. The number of nitrogens with zero attached hydrogens (tertiary/aromatic N) is 2. The summed E-state index contributed by atoms with van der Waals surface area (Å²) in [6.07, 6.45) is 0. The van der Waals surface area contributed by atoms with E-state index < -0.39 is 5.41 Å². The second-order valence-electron chi connectivity index (χ2n) is 19.9. The second kappa shape index (κ2) is 15.6. The normalized spacial score (nSPS) is 13.0. The maximum atomic E-state index is 6.51. The van der Waals surface area contributed by atoms with E-state index in [0.29, 0.717) is 0 Å². The van der Waals surface area contributed by atoms with Crippen molar-refractivity contribution in [2.45, 2.75) is 5.41 Å². The molecule has 0 radical (unpaired) electrons. The highest BCUT2D eigenvalue weighted by Gasteiger charge is 2.51. The van der Waals surface area contributed by atoms with Crippen LogP contribution in [0.3, 0.4) is 0 Å². The van der Waals surface area contributed by atoms with Gasteiger partial charge in [-0.3, -0.25) is 0 Å². The third-order valence-electron chi connectivity index (χ3n) is 16.2. The topological polar surface area (TPSA) is 21.3 Å². The Morgan fingerprint density at radius 1 is 0.311 bits per heavy atom. The molecule has 0 aliphatic heterocycles. The van der Waals surface area contributed by atoms with Crippen molar-refractivity contribution in [2.24, 2.45) is 0 Å². The second-order valence-corrected chi connectivity index (χ2v) is 19.9. The van der Waals surface area contributed by atoms with Crippen molar-refractivity contribution < 1.29 is 4.42 Å². The lowest BCUT2D eigenvalue weighted by Crippen LogP contribution is -2.26. The highest BCUT2D eigenvalue weighted by atomic mass is 16.3. The third-order valence-corrected chi connectivity index (χ3v) is 16.2. The number of furan rings is 1. The van der Waals surface area contributed by atoms with Crippen LogP contribution < -0.4 is 4.90 Å². The van der Waals surface area contributed by atoms with Crippen LogP contribution in [0.5, 0.6) is 0 Å². The van der Waals surface area contributed by atoms with E-state index in [-0.39, 0.29) is 0 Å². The number of fused-ring (bicyclic) bond motifs is 18. The van der Waals surface area contributed by atoms with Crippen molar-refractivity contribution in [1.82, 2.24) is 4.57 Å². The molecular weight excluding hydrogens is 897 g/mol. The Labute approximate surface area is 428 Å². The summed E-state index contributed by atoms with van der Waals surface area (Å²) < 4.78 is 8.91. The summed E-state index contributed by atoms with van der Waals surface area (Å²) in [4.78, 5) is 2.43. The van der Waals surface area contributed by atoms with Crippen LogP contribution in [0.15, 0.2) is 271 Å². The number of rotatable bonds is 6. The van der Waals surface area contributed by atoms with Crippen LogP contribution in [0, 0.1) is 0 Å². The molecule has 0 amide bonds. The van der Waals surface area contributed by atoms with Gasteiger partial charge in [0.05, 0.1) is 16.4 Å². The number of benzene rings is 12. The molecule has 2 heterocycles. The smallest absolute Gasteiger partial charge is 0.143 e. The van der Waals surface area contributed by atoms with Crippen LogP contribution in [0.25, 0.3) is 105 Å². The molecule has 0 N–H and O–H groups in total. The van der Waals surface area contributed by atoms with Crippen LogP contribution in [-0.4, -0.2) is 4.57 Å².